The van der Waals surface area contributed by atoms with Crippen LogP contribution in [-0.2, 0) is 11.2 Å². The van der Waals surface area contributed by atoms with Crippen LogP contribution >= 0.6 is 0 Å². The average molecular weight is 381 g/mol. The maximum absolute atomic E-state index is 10.8. The van der Waals surface area contributed by atoms with Crippen LogP contribution in [0, 0.1) is 5.92 Å². The average Bonchev–Trinajstić information content (AvgIpc) is 2.76. The lowest BCUT2D eigenvalue weighted by molar-refractivity contribution is 0.0238. The van der Waals surface area contributed by atoms with Crippen LogP contribution in [0.25, 0.3) is 0 Å². The van der Waals surface area contributed by atoms with Gasteiger partial charge < -0.3 is 14.7 Å². The second kappa shape index (κ2) is 9.19. The summed E-state index contributed by atoms with van der Waals surface area (Å²) in [7, 11) is 1.80. The van der Waals surface area contributed by atoms with Crippen molar-refractivity contribution in [2.75, 3.05) is 46.4 Å². The topological polar surface area (TPSA) is 35.9 Å². The van der Waals surface area contributed by atoms with Crippen molar-refractivity contribution >= 4 is 0 Å². The van der Waals surface area contributed by atoms with E-state index in [4.69, 9.17) is 4.74 Å². The van der Waals surface area contributed by atoms with E-state index in [-0.39, 0.29) is 12.2 Å². The van der Waals surface area contributed by atoms with Gasteiger partial charge in [0.1, 0.15) is 0 Å². The summed E-state index contributed by atoms with van der Waals surface area (Å²) in [6, 6.07) is 18.9. The minimum atomic E-state index is -0.320. The van der Waals surface area contributed by atoms with E-state index in [0.29, 0.717) is 5.92 Å². The minimum absolute atomic E-state index is 0.129. The van der Waals surface area contributed by atoms with Gasteiger partial charge in [0.2, 0.25) is 0 Å². The van der Waals surface area contributed by atoms with Crippen LogP contribution in [0.3, 0.4) is 0 Å². The Morgan fingerprint density at radius 2 is 1.64 bits per heavy atom. The monoisotopic (exact) mass is 380 g/mol. The van der Waals surface area contributed by atoms with Crippen molar-refractivity contribution in [1.82, 2.24) is 9.80 Å². The van der Waals surface area contributed by atoms with Crippen LogP contribution in [0.1, 0.15) is 35.3 Å². The number of aliphatic hydroxyl groups excluding tert-OH is 1. The van der Waals surface area contributed by atoms with Gasteiger partial charge in [0.25, 0.3) is 0 Å². The lowest BCUT2D eigenvalue weighted by Gasteiger charge is -2.39. The molecular weight excluding hydrogens is 348 g/mol. The number of rotatable bonds is 6. The molecule has 0 radical (unpaired) electrons. The van der Waals surface area contributed by atoms with Crippen molar-refractivity contribution in [1.29, 1.82) is 0 Å². The molecule has 4 nitrogen and oxygen atoms in total. The number of piperazine rings is 1. The molecule has 1 saturated heterocycles. The third-order valence-electron chi connectivity index (χ3n) is 6.44. The molecule has 1 N–H and O–H groups in total. The predicted molar refractivity (Wildman–Crippen MR) is 112 cm³/mol. The van der Waals surface area contributed by atoms with E-state index in [9.17, 15) is 5.11 Å². The maximum Gasteiger partial charge on any atom is 0.0947 e. The van der Waals surface area contributed by atoms with Gasteiger partial charge in [-0.2, -0.15) is 0 Å². The molecule has 0 amide bonds. The van der Waals surface area contributed by atoms with Gasteiger partial charge in [-0.15, -0.1) is 0 Å². The first-order chi connectivity index (χ1) is 13.7. The molecule has 4 heteroatoms. The zero-order valence-corrected chi connectivity index (χ0v) is 16.8. The third kappa shape index (κ3) is 4.47. The van der Waals surface area contributed by atoms with Gasteiger partial charge in [0.15, 0.2) is 0 Å². The molecule has 1 fully saturated rings. The molecule has 2 aromatic rings. The van der Waals surface area contributed by atoms with Crippen molar-refractivity contribution in [2.45, 2.75) is 25.0 Å². The first-order valence-electron chi connectivity index (χ1n) is 10.5. The molecular formula is C24H32N2O2. The van der Waals surface area contributed by atoms with E-state index >= 15 is 0 Å². The van der Waals surface area contributed by atoms with E-state index in [1.54, 1.807) is 7.11 Å². The molecule has 150 valence electrons. The number of fused-ring (bicyclic) bond motifs is 1. The summed E-state index contributed by atoms with van der Waals surface area (Å²) in [5.41, 5.74) is 3.71. The number of benzene rings is 2. The molecule has 1 aliphatic carbocycles. The largest absolute Gasteiger partial charge is 0.388 e. The number of aliphatic hydroxyl groups is 1. The number of ether oxygens (including phenoxy) is 1. The van der Waals surface area contributed by atoms with Crippen LogP contribution in [0.5, 0.6) is 0 Å². The zero-order chi connectivity index (χ0) is 19.3. The zero-order valence-electron chi connectivity index (χ0n) is 16.8. The quantitative estimate of drug-likeness (QED) is 0.834. The molecule has 1 heterocycles. The van der Waals surface area contributed by atoms with E-state index in [0.717, 1.165) is 57.7 Å². The van der Waals surface area contributed by atoms with Gasteiger partial charge in [0.05, 0.1) is 12.2 Å². The highest BCUT2D eigenvalue weighted by Crippen LogP contribution is 2.34. The fourth-order valence-corrected chi connectivity index (χ4v) is 4.70. The molecule has 0 saturated carbocycles. The highest BCUT2D eigenvalue weighted by molar-refractivity contribution is 5.31. The molecule has 0 aromatic heterocycles. The SMILES string of the molecule is COC(CN1CCN(CC2CCc3ccccc3C2O)CC1)c1ccccc1. The summed E-state index contributed by atoms with van der Waals surface area (Å²) in [6.45, 7) is 6.19. The Morgan fingerprint density at radius 3 is 2.39 bits per heavy atom. The van der Waals surface area contributed by atoms with Crippen LogP contribution in [0.4, 0.5) is 0 Å². The van der Waals surface area contributed by atoms with Gasteiger partial charge in [-0.1, -0.05) is 54.6 Å². The van der Waals surface area contributed by atoms with E-state index in [1.165, 1.54) is 11.1 Å². The normalized spacial score (nSPS) is 24.6. The van der Waals surface area contributed by atoms with Gasteiger partial charge in [-0.25, -0.2) is 0 Å². The number of methoxy groups -OCH3 is 1. The van der Waals surface area contributed by atoms with Crippen molar-refractivity contribution < 1.29 is 9.84 Å². The molecule has 3 atom stereocenters. The molecule has 3 unspecified atom stereocenters. The minimum Gasteiger partial charge on any atom is -0.388 e. The molecule has 0 bridgehead atoms. The molecule has 2 aliphatic rings. The Kier molecular flexibility index (Phi) is 6.43. The molecule has 0 spiro atoms. The molecule has 2 aromatic carbocycles. The number of hydrogen-bond donors (Lipinski definition) is 1. The summed E-state index contributed by atoms with van der Waals surface area (Å²) in [6.07, 6.45) is 1.98. The van der Waals surface area contributed by atoms with Crippen LogP contribution in [-0.4, -0.2) is 61.3 Å². The first-order valence-corrected chi connectivity index (χ1v) is 10.5. The second-order valence-corrected chi connectivity index (χ2v) is 8.18. The molecule has 28 heavy (non-hydrogen) atoms. The van der Waals surface area contributed by atoms with Crippen molar-refractivity contribution in [3.8, 4) is 0 Å². The Labute approximate surface area is 168 Å². The first kappa shape index (κ1) is 19.6. The Hall–Kier alpha value is -1.72. The van der Waals surface area contributed by atoms with E-state index in [1.807, 2.05) is 12.1 Å². The lowest BCUT2D eigenvalue weighted by atomic mass is 9.81. The van der Waals surface area contributed by atoms with E-state index < -0.39 is 0 Å². The lowest BCUT2D eigenvalue weighted by Crippen LogP contribution is -2.49. The highest BCUT2D eigenvalue weighted by Gasteiger charge is 2.30. The van der Waals surface area contributed by atoms with Crippen molar-refractivity contribution in [3.05, 3.63) is 71.3 Å². The number of hydrogen-bond acceptors (Lipinski definition) is 4. The standard InChI is InChI=1S/C24H32N2O2/c1-28-23(20-8-3-2-4-9-20)18-26-15-13-25(14-16-26)17-21-12-11-19-7-5-6-10-22(19)24(21)27/h2-10,21,23-24,27H,11-18H2,1H3. The highest BCUT2D eigenvalue weighted by atomic mass is 16.5. The van der Waals surface area contributed by atoms with E-state index in [2.05, 4.69) is 52.3 Å². The summed E-state index contributed by atoms with van der Waals surface area (Å²) in [5, 5.41) is 10.8. The Balaban J connectivity index is 1.28. The van der Waals surface area contributed by atoms with Crippen LogP contribution < -0.4 is 0 Å². The van der Waals surface area contributed by atoms with Gasteiger partial charge in [-0.05, 0) is 29.5 Å². The number of nitrogens with zero attached hydrogens (tertiary/aromatic N) is 2. The molecule has 1 aliphatic heterocycles. The number of aryl methyl sites for hydroxylation is 1. The smallest absolute Gasteiger partial charge is 0.0947 e. The third-order valence-corrected chi connectivity index (χ3v) is 6.44. The van der Waals surface area contributed by atoms with Crippen LogP contribution in [0.15, 0.2) is 54.6 Å². The fraction of sp³-hybridized carbons (Fsp3) is 0.500. The Bertz CT molecular complexity index is 743. The summed E-state index contributed by atoms with van der Waals surface area (Å²) in [4.78, 5) is 5.03. The summed E-state index contributed by atoms with van der Waals surface area (Å²) < 4.78 is 5.75. The fourth-order valence-electron chi connectivity index (χ4n) is 4.70. The van der Waals surface area contributed by atoms with Gasteiger partial charge in [0, 0.05) is 52.3 Å². The Morgan fingerprint density at radius 1 is 0.964 bits per heavy atom. The van der Waals surface area contributed by atoms with Gasteiger partial charge in [-0.3, -0.25) is 4.90 Å². The van der Waals surface area contributed by atoms with Crippen molar-refractivity contribution in [3.63, 3.8) is 0 Å². The van der Waals surface area contributed by atoms with Gasteiger partial charge >= 0.3 is 0 Å². The molecule has 4 rings (SSSR count). The predicted octanol–water partition coefficient (Wildman–Crippen LogP) is 3.29. The summed E-state index contributed by atoms with van der Waals surface area (Å²) in [5.74, 6) is 0.345. The van der Waals surface area contributed by atoms with Crippen molar-refractivity contribution in [2.24, 2.45) is 5.92 Å². The maximum atomic E-state index is 10.8. The van der Waals surface area contributed by atoms with Crippen LogP contribution in [0.2, 0.25) is 0 Å². The second-order valence-electron chi connectivity index (χ2n) is 8.18. The summed E-state index contributed by atoms with van der Waals surface area (Å²) >= 11 is 0.